The molecular weight excluding hydrogens is 220 g/mol. The van der Waals surface area contributed by atoms with Crippen molar-refractivity contribution in [3.8, 4) is 5.75 Å². The minimum atomic E-state index is -0.939. The number of nitrogens with one attached hydrogen (secondary N) is 1. The average molecular weight is 234 g/mol. The molecule has 17 heavy (non-hydrogen) atoms. The predicted molar refractivity (Wildman–Crippen MR) is 62.4 cm³/mol. The van der Waals surface area contributed by atoms with Crippen LogP contribution in [0.25, 0.3) is 0 Å². The van der Waals surface area contributed by atoms with Crippen LogP contribution in [0.2, 0.25) is 0 Å². The molecular formula is C12H14N2O3. The maximum Gasteiger partial charge on any atom is 0.353 e. The van der Waals surface area contributed by atoms with Gasteiger partial charge >= 0.3 is 5.97 Å². The standard InChI is InChI=1S/C12H14N2O3/c1-14-11(12(15)16)7-10(13-14)8-4-3-5-9(6-8)17-2/h3-7,10,13H,1-2H3,(H,15,16). The summed E-state index contributed by atoms with van der Waals surface area (Å²) >= 11 is 0. The number of carboxylic acid groups (broad SMARTS) is 1. The number of nitrogens with zero attached hydrogens (tertiary/aromatic N) is 1. The van der Waals surface area contributed by atoms with E-state index in [1.165, 1.54) is 5.01 Å². The summed E-state index contributed by atoms with van der Waals surface area (Å²) < 4.78 is 5.14. The van der Waals surface area contributed by atoms with Crippen LogP contribution in [0, 0.1) is 0 Å². The van der Waals surface area contributed by atoms with Crippen LogP contribution < -0.4 is 10.2 Å². The van der Waals surface area contributed by atoms with Gasteiger partial charge in [0, 0.05) is 7.05 Å². The number of methoxy groups -OCH3 is 1. The fraction of sp³-hybridized carbons (Fsp3) is 0.250. The van der Waals surface area contributed by atoms with Gasteiger partial charge in [0.2, 0.25) is 0 Å². The summed E-state index contributed by atoms with van der Waals surface area (Å²) in [6, 6.07) is 7.40. The summed E-state index contributed by atoms with van der Waals surface area (Å²) in [5, 5.41) is 10.5. The van der Waals surface area contributed by atoms with Crippen molar-refractivity contribution in [1.29, 1.82) is 0 Å². The molecule has 0 amide bonds. The van der Waals surface area contributed by atoms with E-state index in [1.807, 2.05) is 24.3 Å². The van der Waals surface area contributed by atoms with Crippen LogP contribution in [-0.2, 0) is 4.79 Å². The van der Waals surface area contributed by atoms with E-state index in [9.17, 15) is 4.79 Å². The molecule has 0 radical (unpaired) electrons. The first-order valence-electron chi connectivity index (χ1n) is 5.21. The van der Waals surface area contributed by atoms with E-state index in [4.69, 9.17) is 9.84 Å². The minimum absolute atomic E-state index is 0.138. The number of ether oxygens (including phenoxy) is 1. The van der Waals surface area contributed by atoms with Crippen molar-refractivity contribution in [3.05, 3.63) is 41.6 Å². The molecule has 0 aromatic heterocycles. The zero-order valence-corrected chi connectivity index (χ0v) is 9.68. The molecule has 1 unspecified atom stereocenters. The predicted octanol–water partition coefficient (Wildman–Crippen LogP) is 1.15. The maximum absolute atomic E-state index is 10.9. The van der Waals surface area contributed by atoms with Gasteiger partial charge in [0.05, 0.1) is 13.2 Å². The summed E-state index contributed by atoms with van der Waals surface area (Å²) in [4.78, 5) is 10.9. The number of aliphatic carboxylic acids is 1. The summed E-state index contributed by atoms with van der Waals surface area (Å²) in [6.45, 7) is 0. The second-order valence-electron chi connectivity index (χ2n) is 3.80. The third-order valence-corrected chi connectivity index (χ3v) is 2.69. The lowest BCUT2D eigenvalue weighted by atomic mass is 10.1. The third-order valence-electron chi connectivity index (χ3n) is 2.69. The van der Waals surface area contributed by atoms with E-state index >= 15 is 0 Å². The Morgan fingerprint density at radius 1 is 1.53 bits per heavy atom. The Bertz CT molecular complexity index is 471. The molecule has 1 heterocycles. The van der Waals surface area contributed by atoms with Gasteiger partial charge in [0.25, 0.3) is 0 Å². The Balaban J connectivity index is 2.27. The minimum Gasteiger partial charge on any atom is -0.497 e. The Labute approximate surface area is 99.3 Å². The van der Waals surface area contributed by atoms with Crippen molar-refractivity contribution in [1.82, 2.24) is 10.4 Å². The van der Waals surface area contributed by atoms with Gasteiger partial charge in [-0.3, -0.25) is 0 Å². The second-order valence-corrected chi connectivity index (χ2v) is 3.80. The molecule has 2 N–H and O–H groups in total. The quantitative estimate of drug-likeness (QED) is 0.821. The van der Waals surface area contributed by atoms with Crippen molar-refractivity contribution >= 4 is 5.97 Å². The number of carbonyl (C=O) groups is 1. The van der Waals surface area contributed by atoms with Gasteiger partial charge in [-0.25, -0.2) is 10.2 Å². The molecule has 90 valence electrons. The molecule has 1 aliphatic rings. The lowest BCUT2D eigenvalue weighted by Gasteiger charge is -2.17. The van der Waals surface area contributed by atoms with E-state index < -0.39 is 5.97 Å². The van der Waals surface area contributed by atoms with Gasteiger partial charge in [-0.15, -0.1) is 0 Å². The third kappa shape index (κ3) is 2.24. The smallest absolute Gasteiger partial charge is 0.353 e. The van der Waals surface area contributed by atoms with E-state index in [2.05, 4.69) is 5.43 Å². The molecule has 0 aliphatic carbocycles. The van der Waals surface area contributed by atoms with Crippen molar-refractivity contribution in [3.63, 3.8) is 0 Å². The highest BCUT2D eigenvalue weighted by molar-refractivity contribution is 5.86. The first kappa shape index (κ1) is 11.5. The molecule has 0 fully saturated rings. The first-order chi connectivity index (χ1) is 8.11. The van der Waals surface area contributed by atoms with Gasteiger partial charge < -0.3 is 14.9 Å². The molecule has 0 saturated heterocycles. The number of rotatable bonds is 3. The van der Waals surface area contributed by atoms with E-state index in [-0.39, 0.29) is 11.7 Å². The van der Waals surface area contributed by atoms with Crippen LogP contribution in [0.1, 0.15) is 11.6 Å². The molecule has 0 saturated carbocycles. The molecule has 2 rings (SSSR count). The number of hydrogen-bond donors (Lipinski definition) is 2. The number of hydrazine groups is 1. The summed E-state index contributed by atoms with van der Waals surface area (Å²) in [6.07, 6.45) is 1.68. The Kier molecular flexibility index (Phi) is 3.01. The zero-order valence-electron chi connectivity index (χ0n) is 9.68. The van der Waals surface area contributed by atoms with Gasteiger partial charge in [0.1, 0.15) is 11.4 Å². The SMILES string of the molecule is COc1cccc(C2C=C(C(=O)O)N(C)N2)c1. The topological polar surface area (TPSA) is 61.8 Å². The first-order valence-corrected chi connectivity index (χ1v) is 5.21. The molecule has 0 bridgehead atoms. The van der Waals surface area contributed by atoms with Gasteiger partial charge in [-0.2, -0.15) is 0 Å². The molecule has 0 spiro atoms. The van der Waals surface area contributed by atoms with Gasteiger partial charge in [-0.1, -0.05) is 12.1 Å². The second kappa shape index (κ2) is 4.47. The van der Waals surface area contributed by atoms with Crippen LogP contribution in [0.3, 0.4) is 0 Å². The van der Waals surface area contributed by atoms with Crippen LogP contribution in [0.5, 0.6) is 5.75 Å². The van der Waals surface area contributed by atoms with Gasteiger partial charge in [-0.05, 0) is 23.8 Å². The summed E-state index contributed by atoms with van der Waals surface area (Å²) in [7, 11) is 3.28. The zero-order chi connectivity index (χ0) is 12.4. The van der Waals surface area contributed by atoms with Crippen molar-refractivity contribution in [2.24, 2.45) is 0 Å². The highest BCUT2D eigenvalue weighted by Crippen LogP contribution is 2.25. The van der Waals surface area contributed by atoms with Crippen LogP contribution in [0.4, 0.5) is 0 Å². The monoisotopic (exact) mass is 234 g/mol. The number of carboxylic acids is 1. The normalized spacial score (nSPS) is 19.1. The maximum atomic E-state index is 10.9. The Morgan fingerprint density at radius 3 is 2.88 bits per heavy atom. The van der Waals surface area contributed by atoms with E-state index in [0.717, 1.165) is 11.3 Å². The highest BCUT2D eigenvalue weighted by Gasteiger charge is 2.25. The van der Waals surface area contributed by atoms with E-state index in [1.54, 1.807) is 20.2 Å². The fourth-order valence-corrected chi connectivity index (χ4v) is 1.81. The van der Waals surface area contributed by atoms with Crippen LogP contribution in [-0.4, -0.2) is 30.2 Å². The van der Waals surface area contributed by atoms with Crippen molar-refractivity contribution in [2.45, 2.75) is 6.04 Å². The molecule has 1 aliphatic heterocycles. The average Bonchev–Trinajstić information content (AvgIpc) is 2.71. The molecule has 5 nitrogen and oxygen atoms in total. The van der Waals surface area contributed by atoms with Crippen LogP contribution >= 0.6 is 0 Å². The van der Waals surface area contributed by atoms with E-state index in [0.29, 0.717) is 0 Å². The largest absolute Gasteiger partial charge is 0.497 e. The molecule has 5 heteroatoms. The Hall–Kier alpha value is -2.01. The van der Waals surface area contributed by atoms with Crippen molar-refractivity contribution in [2.75, 3.05) is 14.2 Å². The summed E-state index contributed by atoms with van der Waals surface area (Å²) in [5.41, 5.74) is 4.27. The molecule has 1 aromatic carbocycles. The highest BCUT2D eigenvalue weighted by atomic mass is 16.5. The summed E-state index contributed by atoms with van der Waals surface area (Å²) in [5.74, 6) is -0.186. The van der Waals surface area contributed by atoms with Crippen molar-refractivity contribution < 1.29 is 14.6 Å². The van der Waals surface area contributed by atoms with Gasteiger partial charge in [0.15, 0.2) is 0 Å². The van der Waals surface area contributed by atoms with Crippen LogP contribution in [0.15, 0.2) is 36.0 Å². The molecule has 1 atom stereocenters. The number of benzene rings is 1. The molecule has 1 aromatic rings. The fourth-order valence-electron chi connectivity index (χ4n) is 1.81. The number of likely N-dealkylation sites (N-methyl/N-ethyl adjacent to an activating group) is 1. The lowest BCUT2D eigenvalue weighted by molar-refractivity contribution is -0.134. The lowest BCUT2D eigenvalue weighted by Crippen LogP contribution is -2.31. The Morgan fingerprint density at radius 2 is 2.29 bits per heavy atom. The number of hydrogen-bond acceptors (Lipinski definition) is 4.